The molecule has 0 saturated heterocycles. The van der Waals surface area contributed by atoms with Crippen molar-refractivity contribution >= 4 is 21.7 Å². The van der Waals surface area contributed by atoms with E-state index in [4.69, 9.17) is 9.47 Å². The standard InChI is InChI=1S/C20H23NO5S/c1-4-5-15-25-16(2)20(22)26-18-13-11-17(12-14-18)21(3)27(23,24)19-9-7-6-8-10-19/h4,6-14,16H,1,5,15H2,2-3H3. The summed E-state index contributed by atoms with van der Waals surface area (Å²) >= 11 is 0. The molecule has 0 aliphatic rings. The van der Waals surface area contributed by atoms with Crippen LogP contribution in [-0.2, 0) is 19.6 Å². The van der Waals surface area contributed by atoms with Gasteiger partial charge in [0.2, 0.25) is 0 Å². The Bertz CT molecular complexity index is 863. The fourth-order valence-corrected chi connectivity index (χ4v) is 3.43. The fourth-order valence-electron chi connectivity index (χ4n) is 2.21. The maximum atomic E-state index is 12.6. The van der Waals surface area contributed by atoms with Crippen molar-refractivity contribution in [3.63, 3.8) is 0 Å². The van der Waals surface area contributed by atoms with Crippen LogP contribution in [0.25, 0.3) is 0 Å². The molecule has 0 fully saturated rings. The predicted molar refractivity (Wildman–Crippen MR) is 104 cm³/mol. The highest BCUT2D eigenvalue weighted by Gasteiger charge is 2.21. The molecular formula is C20H23NO5S. The topological polar surface area (TPSA) is 72.9 Å². The summed E-state index contributed by atoms with van der Waals surface area (Å²) in [5.41, 5.74) is 0.453. The summed E-state index contributed by atoms with van der Waals surface area (Å²) in [6, 6.07) is 14.4. The molecule has 7 heteroatoms. The first kappa shape index (κ1) is 20.7. The number of rotatable bonds is 9. The van der Waals surface area contributed by atoms with Crippen LogP contribution in [0.5, 0.6) is 5.75 Å². The SMILES string of the molecule is C=CCCOC(C)C(=O)Oc1ccc(N(C)S(=O)(=O)c2ccccc2)cc1. The van der Waals surface area contributed by atoms with Gasteiger partial charge in [0.05, 0.1) is 17.2 Å². The summed E-state index contributed by atoms with van der Waals surface area (Å²) in [4.78, 5) is 12.2. The van der Waals surface area contributed by atoms with E-state index in [0.717, 1.165) is 0 Å². The van der Waals surface area contributed by atoms with Crippen LogP contribution in [0.3, 0.4) is 0 Å². The second-order valence-electron chi connectivity index (χ2n) is 5.79. The van der Waals surface area contributed by atoms with E-state index in [0.29, 0.717) is 24.5 Å². The van der Waals surface area contributed by atoms with Crippen LogP contribution in [-0.4, -0.2) is 34.1 Å². The lowest BCUT2D eigenvalue weighted by Gasteiger charge is -2.20. The average molecular weight is 389 g/mol. The molecule has 0 amide bonds. The van der Waals surface area contributed by atoms with Crippen molar-refractivity contribution in [1.82, 2.24) is 0 Å². The third kappa shape index (κ3) is 5.42. The summed E-state index contributed by atoms with van der Waals surface area (Å²) in [6.45, 7) is 5.59. The Morgan fingerprint density at radius 3 is 2.37 bits per heavy atom. The van der Waals surface area contributed by atoms with E-state index in [1.807, 2.05) is 0 Å². The molecular weight excluding hydrogens is 366 g/mol. The van der Waals surface area contributed by atoms with Crippen molar-refractivity contribution in [3.8, 4) is 5.75 Å². The lowest BCUT2D eigenvalue weighted by Crippen LogP contribution is -2.27. The number of esters is 1. The average Bonchev–Trinajstić information content (AvgIpc) is 2.68. The lowest BCUT2D eigenvalue weighted by molar-refractivity contribution is -0.146. The molecule has 0 bridgehead atoms. The second kappa shape index (κ2) is 9.34. The van der Waals surface area contributed by atoms with E-state index < -0.39 is 22.1 Å². The number of hydrogen-bond acceptors (Lipinski definition) is 5. The van der Waals surface area contributed by atoms with Crippen molar-refractivity contribution in [1.29, 1.82) is 0 Å². The van der Waals surface area contributed by atoms with Gasteiger partial charge in [0, 0.05) is 7.05 Å². The molecule has 0 radical (unpaired) electrons. The zero-order valence-electron chi connectivity index (χ0n) is 15.4. The quantitative estimate of drug-likeness (QED) is 0.284. The van der Waals surface area contributed by atoms with Crippen LogP contribution in [0.2, 0.25) is 0 Å². The molecule has 0 aliphatic heterocycles. The van der Waals surface area contributed by atoms with Crippen molar-refractivity contribution in [2.24, 2.45) is 0 Å². The van der Waals surface area contributed by atoms with Gasteiger partial charge in [-0.2, -0.15) is 0 Å². The molecule has 2 aromatic rings. The Kier molecular flexibility index (Phi) is 7.15. The van der Waals surface area contributed by atoms with Gasteiger partial charge in [-0.15, -0.1) is 6.58 Å². The van der Waals surface area contributed by atoms with Gasteiger partial charge < -0.3 is 9.47 Å². The van der Waals surface area contributed by atoms with Gasteiger partial charge in [0.25, 0.3) is 10.0 Å². The van der Waals surface area contributed by atoms with Crippen molar-refractivity contribution in [2.75, 3.05) is 18.0 Å². The number of ether oxygens (including phenoxy) is 2. The molecule has 2 rings (SSSR count). The lowest BCUT2D eigenvalue weighted by atomic mass is 10.3. The van der Waals surface area contributed by atoms with E-state index in [1.165, 1.54) is 23.5 Å². The normalized spacial score (nSPS) is 12.2. The van der Waals surface area contributed by atoms with E-state index >= 15 is 0 Å². The van der Waals surface area contributed by atoms with Crippen molar-refractivity contribution < 1.29 is 22.7 Å². The first-order valence-electron chi connectivity index (χ1n) is 8.44. The number of sulfonamides is 1. The molecule has 1 unspecified atom stereocenters. The number of carbonyl (C=O) groups is 1. The Morgan fingerprint density at radius 2 is 1.78 bits per heavy atom. The minimum Gasteiger partial charge on any atom is -0.425 e. The molecule has 0 aromatic heterocycles. The van der Waals surface area contributed by atoms with Crippen LogP contribution >= 0.6 is 0 Å². The predicted octanol–water partition coefficient (Wildman–Crippen LogP) is 3.40. The van der Waals surface area contributed by atoms with Crippen LogP contribution in [0.4, 0.5) is 5.69 Å². The van der Waals surface area contributed by atoms with Gasteiger partial charge in [0.1, 0.15) is 5.75 Å². The molecule has 0 aliphatic carbocycles. The molecule has 1 atom stereocenters. The molecule has 0 heterocycles. The summed E-state index contributed by atoms with van der Waals surface area (Å²) in [6.07, 6.45) is 1.65. The molecule has 0 N–H and O–H groups in total. The monoisotopic (exact) mass is 389 g/mol. The fraction of sp³-hybridized carbons (Fsp3) is 0.250. The summed E-state index contributed by atoms with van der Waals surface area (Å²) in [5.74, 6) is -0.203. The van der Waals surface area contributed by atoms with Gasteiger partial charge in [-0.1, -0.05) is 24.3 Å². The van der Waals surface area contributed by atoms with Crippen LogP contribution in [0.15, 0.2) is 72.1 Å². The zero-order valence-corrected chi connectivity index (χ0v) is 16.2. The summed E-state index contributed by atoms with van der Waals surface area (Å²) in [5, 5.41) is 0. The minimum atomic E-state index is -3.66. The first-order chi connectivity index (χ1) is 12.9. The third-order valence-electron chi connectivity index (χ3n) is 3.84. The third-order valence-corrected chi connectivity index (χ3v) is 5.64. The highest BCUT2D eigenvalue weighted by Crippen LogP contribution is 2.24. The molecule has 6 nitrogen and oxygen atoms in total. The molecule has 27 heavy (non-hydrogen) atoms. The largest absolute Gasteiger partial charge is 0.425 e. The Balaban J connectivity index is 2.04. The maximum absolute atomic E-state index is 12.6. The molecule has 0 spiro atoms. The number of anilines is 1. The number of nitrogens with zero attached hydrogens (tertiary/aromatic N) is 1. The highest BCUT2D eigenvalue weighted by molar-refractivity contribution is 7.92. The van der Waals surface area contributed by atoms with Crippen LogP contribution in [0, 0.1) is 0 Å². The highest BCUT2D eigenvalue weighted by atomic mass is 32.2. The Morgan fingerprint density at radius 1 is 1.15 bits per heavy atom. The van der Waals surface area contributed by atoms with Crippen LogP contribution in [0.1, 0.15) is 13.3 Å². The number of hydrogen-bond donors (Lipinski definition) is 0. The number of carbonyl (C=O) groups excluding carboxylic acids is 1. The van der Waals surface area contributed by atoms with Gasteiger partial charge in [0.15, 0.2) is 6.10 Å². The minimum absolute atomic E-state index is 0.202. The maximum Gasteiger partial charge on any atom is 0.340 e. The van der Waals surface area contributed by atoms with Gasteiger partial charge in [-0.3, -0.25) is 4.31 Å². The molecule has 2 aromatic carbocycles. The van der Waals surface area contributed by atoms with Gasteiger partial charge in [-0.05, 0) is 49.7 Å². The van der Waals surface area contributed by atoms with Gasteiger partial charge in [-0.25, -0.2) is 13.2 Å². The smallest absolute Gasteiger partial charge is 0.340 e. The van der Waals surface area contributed by atoms with Crippen molar-refractivity contribution in [3.05, 3.63) is 67.3 Å². The summed E-state index contributed by atoms with van der Waals surface area (Å²) in [7, 11) is -2.19. The second-order valence-corrected chi connectivity index (χ2v) is 7.76. The first-order valence-corrected chi connectivity index (χ1v) is 9.88. The Hall–Kier alpha value is -2.64. The summed E-state index contributed by atoms with van der Waals surface area (Å²) < 4.78 is 37.0. The van der Waals surface area contributed by atoms with E-state index in [9.17, 15) is 13.2 Å². The van der Waals surface area contributed by atoms with E-state index in [2.05, 4.69) is 6.58 Å². The Labute approximate surface area is 160 Å². The van der Waals surface area contributed by atoms with Crippen LogP contribution < -0.4 is 9.04 Å². The number of benzene rings is 2. The molecule has 0 saturated carbocycles. The molecule has 144 valence electrons. The van der Waals surface area contributed by atoms with Gasteiger partial charge >= 0.3 is 5.97 Å². The zero-order chi connectivity index (χ0) is 19.9. The van der Waals surface area contributed by atoms with Crippen molar-refractivity contribution in [2.45, 2.75) is 24.3 Å². The van der Waals surface area contributed by atoms with E-state index in [-0.39, 0.29) is 4.90 Å². The van der Waals surface area contributed by atoms with E-state index in [1.54, 1.807) is 55.5 Å².